The number of phosphoric ester groups is 1. The number of nitrogens with zero attached hydrogens (tertiary/aromatic N) is 5. The third-order valence-corrected chi connectivity index (χ3v) is 8.54. The van der Waals surface area contributed by atoms with Crippen LogP contribution in [-0.2, 0) is 44.1 Å². The molecule has 3 aromatic rings. The Hall–Kier alpha value is -1.51. The van der Waals surface area contributed by atoms with Gasteiger partial charge in [-0.15, -0.1) is 0 Å². The van der Waals surface area contributed by atoms with Gasteiger partial charge in [0.25, 0.3) is 21.6 Å². The third-order valence-electron chi connectivity index (χ3n) is 5.04. The van der Waals surface area contributed by atoms with E-state index < -0.39 is 62.4 Å². The first-order chi connectivity index (χ1) is 17.1. The first-order valence-corrected chi connectivity index (χ1v) is 14.8. The molecule has 3 aromatic heterocycles. The summed E-state index contributed by atoms with van der Waals surface area (Å²) in [5, 5.41) is 10.9. The summed E-state index contributed by atoms with van der Waals surface area (Å²) in [5.41, 5.74) is 4.99. The predicted octanol–water partition coefficient (Wildman–Crippen LogP) is -5.91. The minimum absolute atomic E-state index is 0. The van der Waals surface area contributed by atoms with Crippen LogP contribution in [0.3, 0.4) is 0 Å². The van der Waals surface area contributed by atoms with Crippen LogP contribution < -0.4 is 50.3 Å². The van der Waals surface area contributed by atoms with E-state index in [1.165, 1.54) is 22.5 Å². The molecule has 0 aliphatic carbocycles. The number of anilines is 1. The van der Waals surface area contributed by atoms with Crippen molar-refractivity contribution in [3.63, 3.8) is 0 Å². The zero-order valence-electron chi connectivity index (χ0n) is 19.9. The third kappa shape index (κ3) is 6.61. The van der Waals surface area contributed by atoms with E-state index in [2.05, 4.69) is 19.3 Å². The van der Waals surface area contributed by atoms with E-state index in [9.17, 15) is 37.2 Å². The zero-order valence-corrected chi connectivity index (χ0v) is 24.5. The maximum atomic E-state index is 12.3. The Bertz CT molecular complexity index is 1580. The summed E-state index contributed by atoms with van der Waals surface area (Å²) in [7, 11) is -13.2. The van der Waals surface area contributed by atoms with Crippen LogP contribution in [0.4, 0.5) is 5.95 Å². The van der Waals surface area contributed by atoms with Gasteiger partial charge >= 0.3 is 43.0 Å². The summed E-state index contributed by atoms with van der Waals surface area (Å²) >= 11 is 0. The molecule has 2 unspecified atom stereocenters. The van der Waals surface area contributed by atoms with Gasteiger partial charge in [0.2, 0.25) is 19.5 Å². The number of imidazole rings is 2. The molecule has 23 heteroatoms. The average Bonchev–Trinajstić information content (AvgIpc) is 3.45. The van der Waals surface area contributed by atoms with Crippen molar-refractivity contribution in [2.75, 3.05) is 18.6 Å². The number of phosphoric acid groups is 1. The van der Waals surface area contributed by atoms with Gasteiger partial charge in [0, 0.05) is 12.4 Å². The minimum Gasteiger partial charge on any atom is -0.761 e. The molecule has 0 saturated carbocycles. The summed E-state index contributed by atoms with van der Waals surface area (Å²) in [6.45, 7) is -0.965. The number of fused-ring (bicyclic) bond motifs is 1. The van der Waals surface area contributed by atoms with E-state index in [-0.39, 0.29) is 46.7 Å². The molecular weight excluding hydrogens is 587 g/mol. The van der Waals surface area contributed by atoms with Crippen LogP contribution in [0.2, 0.25) is 0 Å². The summed E-state index contributed by atoms with van der Waals surface area (Å²) < 4.78 is 70.6. The molecule has 1 aliphatic heterocycles. The Kier molecular flexibility index (Phi) is 9.12. The number of nitrogens with two attached hydrogens (primary N) is 1. The van der Waals surface area contributed by atoms with Crippen LogP contribution in [0.1, 0.15) is 6.23 Å². The molecule has 1 fully saturated rings. The Morgan fingerprint density at radius 1 is 1.39 bits per heavy atom. The monoisotopic (exact) mass is 608 g/mol. The van der Waals surface area contributed by atoms with Gasteiger partial charge in [-0.1, -0.05) is 4.98 Å². The fourth-order valence-corrected chi connectivity index (χ4v) is 6.57. The van der Waals surface area contributed by atoms with Gasteiger partial charge in [-0.05, 0) is 0 Å². The number of nitrogen functional groups attached to an aromatic ring is 1. The summed E-state index contributed by atoms with van der Waals surface area (Å²) in [4.78, 5) is 44.2. The van der Waals surface area contributed by atoms with Crippen molar-refractivity contribution in [1.82, 2.24) is 23.9 Å². The number of aliphatic hydroxyl groups excluding tert-OH is 1. The number of ether oxygens (including phenoxy) is 1. The molecule has 204 valence electrons. The van der Waals surface area contributed by atoms with Crippen molar-refractivity contribution in [2.24, 2.45) is 7.05 Å². The second-order valence-electron chi connectivity index (χ2n) is 7.83. The maximum Gasteiger partial charge on any atom is 1.00 e. The molecule has 0 amide bonds. The van der Waals surface area contributed by atoms with Crippen LogP contribution >= 0.6 is 15.6 Å². The molecule has 5 N–H and O–H groups in total. The molecule has 19 nitrogen and oxygen atoms in total. The number of H-pyrrole nitrogens is 1. The Labute approximate surface area is 235 Å². The van der Waals surface area contributed by atoms with Crippen LogP contribution in [0.25, 0.3) is 11.2 Å². The number of rotatable bonds is 9. The number of aliphatic hydroxyl groups is 1. The van der Waals surface area contributed by atoms with E-state index in [0.717, 1.165) is 18.7 Å². The van der Waals surface area contributed by atoms with Gasteiger partial charge in [-0.25, -0.2) is 18.4 Å². The molecule has 6 atom stereocenters. The van der Waals surface area contributed by atoms with Crippen molar-refractivity contribution >= 4 is 42.8 Å². The smallest absolute Gasteiger partial charge is 0.761 e. The molecule has 0 radical (unpaired) electrons. The number of aromatic nitrogens is 6. The molecule has 1 saturated heterocycles. The maximum absolute atomic E-state index is 12.3. The van der Waals surface area contributed by atoms with Crippen molar-refractivity contribution < 1.29 is 84.3 Å². The zero-order chi connectivity index (χ0) is 27.3. The Balaban J connectivity index is 0.00000400. The Morgan fingerprint density at radius 2 is 2.08 bits per heavy atom. The van der Waals surface area contributed by atoms with Gasteiger partial charge in [-0.3, -0.25) is 32.0 Å². The minimum atomic E-state index is -5.32. The standard InChI is InChI=1S/C15H21N7O12P2S.Na/c1-20-7-22(12-9(20)13(24)19-15(16)18-12)14-10(23)11(33-37(2,29)30)8(32-14)5-31-36(27,28)34-35(25,26)21-4-3-17-6-21;/h3-4,6-8,10-11,14,23H,5H2,1-2H3,(H4-,16,18,19,24,25,26,27,28);/q;+1/t8-,10-,11-,14-;/m1./s1. The molecule has 4 heterocycles. The molecule has 0 spiro atoms. The van der Waals surface area contributed by atoms with Gasteiger partial charge in [0.15, 0.2) is 6.33 Å². The second-order valence-corrected chi connectivity index (χ2v) is 12.7. The SMILES string of the molecule is Cn1c[n+]([C@@H]2O[C@H](COP(=O)(O)OP(=O)([O-])n3ccnc3)[C@@H](OS(C)(=O)=O)[C@H]2O)c2nc(N)[nH]c(=O)c21.[Na+]. The van der Waals surface area contributed by atoms with Crippen molar-refractivity contribution in [1.29, 1.82) is 0 Å². The van der Waals surface area contributed by atoms with Crippen molar-refractivity contribution in [3.8, 4) is 0 Å². The summed E-state index contributed by atoms with van der Waals surface area (Å²) in [5.74, 6) is -0.257. The first kappa shape index (κ1) is 31.0. The summed E-state index contributed by atoms with van der Waals surface area (Å²) in [6, 6.07) is 0. The molecule has 0 bridgehead atoms. The van der Waals surface area contributed by atoms with Gasteiger partial charge < -0.3 is 25.4 Å². The largest absolute Gasteiger partial charge is 1.00 e. The van der Waals surface area contributed by atoms with Crippen LogP contribution in [0, 0.1) is 0 Å². The van der Waals surface area contributed by atoms with Gasteiger partial charge in [-0.2, -0.15) is 8.42 Å². The van der Waals surface area contributed by atoms with Crippen LogP contribution in [0.5, 0.6) is 0 Å². The van der Waals surface area contributed by atoms with Crippen molar-refractivity contribution in [2.45, 2.75) is 24.5 Å². The molecule has 1 aliphatic rings. The first-order valence-electron chi connectivity index (χ1n) is 10.0. The molecule has 38 heavy (non-hydrogen) atoms. The predicted molar refractivity (Wildman–Crippen MR) is 118 cm³/mol. The Morgan fingerprint density at radius 3 is 2.68 bits per heavy atom. The quantitative estimate of drug-likeness (QED) is 0.0762. The van der Waals surface area contributed by atoms with Crippen LogP contribution in [0.15, 0.2) is 29.8 Å². The molecule has 0 aromatic carbocycles. The number of nitrogens with one attached hydrogen (secondary N) is 1. The van der Waals surface area contributed by atoms with E-state index in [0.29, 0.717) is 10.6 Å². The van der Waals surface area contributed by atoms with E-state index >= 15 is 0 Å². The van der Waals surface area contributed by atoms with E-state index in [4.69, 9.17) is 19.2 Å². The molecular formula is C15H21N7NaO12P2S+. The molecule has 4 rings (SSSR count). The second kappa shape index (κ2) is 11.2. The van der Waals surface area contributed by atoms with E-state index in [1.807, 2.05) is 0 Å². The fraction of sp³-hybridized carbons (Fsp3) is 0.467. The van der Waals surface area contributed by atoms with Crippen LogP contribution in [-0.4, -0.2) is 73.4 Å². The fourth-order valence-electron chi connectivity index (χ4n) is 3.62. The number of aryl methyl sites for hydroxylation is 1. The average molecular weight is 608 g/mol. The summed E-state index contributed by atoms with van der Waals surface area (Å²) in [6.07, 6.45) is -1.63. The van der Waals surface area contributed by atoms with Crippen molar-refractivity contribution in [3.05, 3.63) is 35.4 Å². The van der Waals surface area contributed by atoms with Gasteiger partial charge in [0.1, 0.15) is 24.6 Å². The topological polar surface area (TPSA) is 267 Å². The number of hydrogen-bond acceptors (Lipinski definition) is 14. The van der Waals surface area contributed by atoms with Gasteiger partial charge in [0.05, 0.1) is 19.9 Å². The normalized spacial score (nSPS) is 25.1. The number of hydrogen-bond donors (Lipinski definition) is 4. The number of aromatic amines is 1. The van der Waals surface area contributed by atoms with E-state index in [1.54, 1.807) is 0 Å².